The van der Waals surface area contributed by atoms with Crippen LogP contribution in [0.4, 0.5) is 5.69 Å². The van der Waals surface area contributed by atoms with Crippen molar-refractivity contribution in [1.82, 2.24) is 0 Å². The number of ether oxygens (including phenoxy) is 1. The second-order valence-corrected chi connectivity index (χ2v) is 7.66. The molecular weight excluding hydrogens is 356 g/mol. The number of anilines is 1. The van der Waals surface area contributed by atoms with Gasteiger partial charge in [0.2, 0.25) is 0 Å². The number of rotatable bonds is 4. The molecule has 1 aliphatic carbocycles. The molecule has 0 spiro atoms. The minimum Gasteiger partial charge on any atom is -0.479 e. The van der Waals surface area contributed by atoms with Crippen LogP contribution < -0.4 is 10.1 Å². The smallest absolute Gasteiger partial charge is 0.174 e. The van der Waals surface area contributed by atoms with Crippen molar-refractivity contribution >= 4 is 5.69 Å². The van der Waals surface area contributed by atoms with Gasteiger partial charge in [0.25, 0.3) is 0 Å². The van der Waals surface area contributed by atoms with E-state index in [4.69, 9.17) is 10.00 Å². The molecule has 0 saturated carbocycles. The van der Waals surface area contributed by atoms with Gasteiger partial charge in [-0.3, -0.25) is 0 Å². The first kappa shape index (κ1) is 17.6. The standard InChI is InChI=1S/C26H22N2O/c27-15-16-29-21-12-9-19(10-13-21)26-23-8-4-7-22(23)24-17-20(11-14-25(24)28-26)18-5-2-1-3-6-18/h1-7,9-14,17,22-23,26,28H,8,16H2/t22-,23-,26-/m0/s1. The number of nitriles is 1. The van der Waals surface area contributed by atoms with E-state index in [-0.39, 0.29) is 12.6 Å². The Morgan fingerprint density at radius 2 is 1.79 bits per heavy atom. The molecule has 1 N–H and O–H groups in total. The van der Waals surface area contributed by atoms with Gasteiger partial charge in [0, 0.05) is 11.6 Å². The van der Waals surface area contributed by atoms with Crippen LogP contribution in [-0.2, 0) is 0 Å². The van der Waals surface area contributed by atoms with Crippen molar-refractivity contribution in [2.45, 2.75) is 18.4 Å². The number of nitrogens with one attached hydrogen (secondary N) is 1. The Bertz CT molecular complexity index is 1080. The number of hydrogen-bond acceptors (Lipinski definition) is 3. The molecule has 5 rings (SSSR count). The number of nitrogens with zero attached hydrogens (tertiary/aromatic N) is 1. The molecule has 29 heavy (non-hydrogen) atoms. The predicted octanol–water partition coefficient (Wildman–Crippen LogP) is 6.08. The van der Waals surface area contributed by atoms with Crippen LogP contribution in [0.1, 0.15) is 29.5 Å². The fourth-order valence-corrected chi connectivity index (χ4v) is 4.62. The van der Waals surface area contributed by atoms with E-state index < -0.39 is 0 Å². The normalized spacial score (nSPS) is 21.6. The summed E-state index contributed by atoms with van der Waals surface area (Å²) in [7, 11) is 0. The van der Waals surface area contributed by atoms with Gasteiger partial charge in [-0.05, 0) is 58.9 Å². The van der Waals surface area contributed by atoms with Crippen molar-refractivity contribution < 1.29 is 4.74 Å². The van der Waals surface area contributed by atoms with Crippen LogP contribution in [-0.4, -0.2) is 6.61 Å². The van der Waals surface area contributed by atoms with E-state index in [1.807, 2.05) is 18.2 Å². The molecule has 3 atom stereocenters. The number of benzene rings is 3. The Morgan fingerprint density at radius 1 is 0.966 bits per heavy atom. The van der Waals surface area contributed by atoms with Crippen molar-refractivity contribution in [3.63, 3.8) is 0 Å². The second kappa shape index (κ2) is 7.48. The zero-order valence-corrected chi connectivity index (χ0v) is 16.1. The lowest BCUT2D eigenvalue weighted by molar-refractivity contribution is 0.367. The summed E-state index contributed by atoms with van der Waals surface area (Å²) in [5.74, 6) is 1.66. The van der Waals surface area contributed by atoms with E-state index in [2.05, 4.69) is 78.1 Å². The van der Waals surface area contributed by atoms with Crippen LogP contribution in [0.3, 0.4) is 0 Å². The molecule has 142 valence electrons. The van der Waals surface area contributed by atoms with Crippen LogP contribution in [0.15, 0.2) is 84.9 Å². The molecule has 1 aliphatic heterocycles. The lowest BCUT2D eigenvalue weighted by Crippen LogP contribution is -2.29. The fourth-order valence-electron chi connectivity index (χ4n) is 4.62. The van der Waals surface area contributed by atoms with Crippen molar-refractivity contribution in [1.29, 1.82) is 5.26 Å². The number of fused-ring (bicyclic) bond motifs is 3. The summed E-state index contributed by atoms with van der Waals surface area (Å²) >= 11 is 0. The molecule has 0 unspecified atom stereocenters. The minimum atomic E-state index is 0.0762. The maximum Gasteiger partial charge on any atom is 0.174 e. The van der Waals surface area contributed by atoms with Crippen molar-refractivity contribution in [3.05, 3.63) is 96.1 Å². The molecule has 0 radical (unpaired) electrons. The maximum absolute atomic E-state index is 8.68. The topological polar surface area (TPSA) is 45.0 Å². The first-order valence-electron chi connectivity index (χ1n) is 10.1. The number of allylic oxidation sites excluding steroid dienone is 2. The first-order valence-corrected chi connectivity index (χ1v) is 10.1. The van der Waals surface area contributed by atoms with Crippen LogP contribution >= 0.6 is 0 Å². The van der Waals surface area contributed by atoms with Crippen LogP contribution in [0.5, 0.6) is 5.75 Å². The molecule has 0 bridgehead atoms. The molecule has 0 fully saturated rings. The summed E-state index contributed by atoms with van der Waals surface area (Å²) in [6, 6.07) is 27.7. The molecule has 3 heteroatoms. The molecule has 0 aromatic heterocycles. The van der Waals surface area contributed by atoms with Crippen LogP contribution in [0.2, 0.25) is 0 Å². The van der Waals surface area contributed by atoms with E-state index in [1.165, 1.54) is 27.9 Å². The molecule has 3 aromatic rings. The van der Waals surface area contributed by atoms with Gasteiger partial charge in [0.15, 0.2) is 6.61 Å². The highest BCUT2D eigenvalue weighted by Gasteiger charge is 2.37. The van der Waals surface area contributed by atoms with Gasteiger partial charge in [0.1, 0.15) is 11.8 Å². The summed E-state index contributed by atoms with van der Waals surface area (Å²) in [6.45, 7) is 0.0762. The fraction of sp³-hybridized carbons (Fsp3) is 0.192. The van der Waals surface area contributed by atoms with E-state index >= 15 is 0 Å². The van der Waals surface area contributed by atoms with Gasteiger partial charge in [-0.25, -0.2) is 0 Å². The highest BCUT2D eigenvalue weighted by Crippen LogP contribution is 2.50. The van der Waals surface area contributed by atoms with Crippen molar-refractivity contribution in [2.24, 2.45) is 5.92 Å². The summed E-state index contributed by atoms with van der Waals surface area (Å²) in [4.78, 5) is 0. The summed E-state index contributed by atoms with van der Waals surface area (Å²) in [5, 5.41) is 12.5. The average Bonchev–Trinajstić information content (AvgIpc) is 3.28. The second-order valence-electron chi connectivity index (χ2n) is 7.66. The lowest BCUT2D eigenvalue weighted by atomic mass is 9.76. The maximum atomic E-state index is 8.68. The van der Waals surface area contributed by atoms with E-state index in [0.29, 0.717) is 11.8 Å². The number of hydrogen-bond donors (Lipinski definition) is 1. The van der Waals surface area contributed by atoms with Crippen molar-refractivity contribution in [3.8, 4) is 22.9 Å². The monoisotopic (exact) mass is 378 g/mol. The van der Waals surface area contributed by atoms with Gasteiger partial charge >= 0.3 is 0 Å². The Hall–Kier alpha value is -3.51. The first-order chi connectivity index (χ1) is 14.3. The quantitative estimate of drug-likeness (QED) is 0.559. The van der Waals surface area contributed by atoms with Crippen LogP contribution in [0.25, 0.3) is 11.1 Å². The molecule has 2 aliphatic rings. The van der Waals surface area contributed by atoms with Gasteiger partial charge in [0.05, 0.1) is 6.04 Å². The van der Waals surface area contributed by atoms with Gasteiger partial charge in [-0.2, -0.15) is 5.26 Å². The SMILES string of the molecule is N#CCOc1ccc([C@@H]2Nc3ccc(-c4ccccc4)cc3[C@H]3C=CC[C@@H]32)cc1. The molecule has 0 saturated heterocycles. The zero-order chi connectivity index (χ0) is 19.6. The third kappa shape index (κ3) is 3.28. The third-order valence-corrected chi connectivity index (χ3v) is 6.01. The van der Waals surface area contributed by atoms with Crippen molar-refractivity contribution in [2.75, 3.05) is 11.9 Å². The van der Waals surface area contributed by atoms with Gasteiger partial charge in [-0.15, -0.1) is 0 Å². The summed E-state index contributed by atoms with van der Waals surface area (Å²) in [5.41, 5.74) is 6.37. The highest BCUT2D eigenvalue weighted by molar-refractivity contribution is 5.71. The van der Waals surface area contributed by atoms with Gasteiger partial charge in [-0.1, -0.05) is 60.7 Å². The lowest BCUT2D eigenvalue weighted by Gasteiger charge is -2.38. The Labute approximate surface area is 171 Å². The molecule has 3 aromatic carbocycles. The van der Waals surface area contributed by atoms with E-state index in [1.54, 1.807) is 0 Å². The minimum absolute atomic E-state index is 0.0762. The Morgan fingerprint density at radius 3 is 2.59 bits per heavy atom. The molecule has 3 nitrogen and oxygen atoms in total. The Balaban J connectivity index is 1.47. The van der Waals surface area contributed by atoms with Gasteiger partial charge < -0.3 is 10.1 Å². The summed E-state index contributed by atoms with van der Waals surface area (Å²) in [6.07, 6.45) is 5.76. The predicted molar refractivity (Wildman–Crippen MR) is 116 cm³/mol. The third-order valence-electron chi connectivity index (χ3n) is 6.01. The average molecular weight is 378 g/mol. The van der Waals surface area contributed by atoms with E-state index in [9.17, 15) is 0 Å². The molecule has 0 amide bonds. The largest absolute Gasteiger partial charge is 0.479 e. The summed E-state index contributed by atoms with van der Waals surface area (Å²) < 4.78 is 5.40. The highest BCUT2D eigenvalue weighted by atomic mass is 16.5. The van der Waals surface area contributed by atoms with E-state index in [0.717, 1.165) is 12.2 Å². The van der Waals surface area contributed by atoms with Crippen LogP contribution in [0, 0.1) is 17.2 Å². The Kier molecular flexibility index (Phi) is 4.54. The molecule has 1 heterocycles. The molecular formula is C26H22N2O. The zero-order valence-electron chi connectivity index (χ0n) is 16.1.